The van der Waals surface area contributed by atoms with Crippen LogP contribution in [0.2, 0.25) is 0 Å². The van der Waals surface area contributed by atoms with Gasteiger partial charge in [0.15, 0.2) is 9.84 Å². The average molecular weight is 326 g/mol. The van der Waals surface area contributed by atoms with Crippen molar-refractivity contribution in [3.63, 3.8) is 0 Å². The van der Waals surface area contributed by atoms with Crippen molar-refractivity contribution >= 4 is 22.0 Å². The smallest absolute Gasteiger partial charge is 0.240 e. The fraction of sp³-hybridized carbons (Fsp3) is 0.0588. The van der Waals surface area contributed by atoms with Crippen molar-refractivity contribution in [1.29, 1.82) is 0 Å². The van der Waals surface area contributed by atoms with Crippen molar-refractivity contribution in [3.05, 3.63) is 78.0 Å². The van der Waals surface area contributed by atoms with Gasteiger partial charge in [0.25, 0.3) is 0 Å². The molecule has 0 N–H and O–H groups in total. The minimum atomic E-state index is -3.49. The molecular formula is C17H14N2O3S. The van der Waals surface area contributed by atoms with E-state index < -0.39 is 9.84 Å². The summed E-state index contributed by atoms with van der Waals surface area (Å²) in [5.41, 5.74) is 0.990. The summed E-state index contributed by atoms with van der Waals surface area (Å²) in [7, 11) is -3.49. The summed E-state index contributed by atoms with van der Waals surface area (Å²) in [6.45, 7) is 0. The van der Waals surface area contributed by atoms with Crippen LogP contribution < -0.4 is 0 Å². The van der Waals surface area contributed by atoms with E-state index in [2.05, 4.69) is 10.2 Å². The highest BCUT2D eigenvalue weighted by Crippen LogP contribution is 2.16. The van der Waals surface area contributed by atoms with Gasteiger partial charge in [0.2, 0.25) is 11.8 Å². The Balaban J connectivity index is 1.74. The van der Waals surface area contributed by atoms with Gasteiger partial charge in [-0.25, -0.2) is 8.42 Å². The Morgan fingerprint density at radius 3 is 2.22 bits per heavy atom. The van der Waals surface area contributed by atoms with Gasteiger partial charge < -0.3 is 4.42 Å². The first-order valence-corrected chi connectivity index (χ1v) is 8.62. The van der Waals surface area contributed by atoms with Crippen molar-refractivity contribution in [2.45, 2.75) is 10.6 Å². The molecule has 3 rings (SSSR count). The molecule has 0 spiro atoms. The molecule has 0 saturated carbocycles. The quantitative estimate of drug-likeness (QED) is 0.720. The lowest BCUT2D eigenvalue weighted by molar-refractivity contribution is 0.498. The third-order valence-corrected chi connectivity index (χ3v) is 4.73. The Labute approximate surface area is 134 Å². The molecule has 0 saturated heterocycles. The predicted molar refractivity (Wildman–Crippen MR) is 87.0 cm³/mol. The number of nitrogens with zero attached hydrogens (tertiary/aromatic N) is 2. The average Bonchev–Trinajstić information content (AvgIpc) is 3.01. The summed E-state index contributed by atoms with van der Waals surface area (Å²) in [4.78, 5) is 0.236. The van der Waals surface area contributed by atoms with E-state index in [1.165, 1.54) is 0 Å². The van der Waals surface area contributed by atoms with E-state index in [0.717, 1.165) is 5.56 Å². The fourth-order valence-corrected chi connectivity index (χ4v) is 3.18. The van der Waals surface area contributed by atoms with Gasteiger partial charge in [0, 0.05) is 6.08 Å². The van der Waals surface area contributed by atoms with Gasteiger partial charge in [-0.3, -0.25) is 0 Å². The second-order valence-electron chi connectivity index (χ2n) is 4.85. The molecule has 0 aliphatic heterocycles. The summed E-state index contributed by atoms with van der Waals surface area (Å²) >= 11 is 0. The van der Waals surface area contributed by atoms with Crippen LogP contribution in [0.15, 0.2) is 70.0 Å². The van der Waals surface area contributed by atoms with Gasteiger partial charge in [-0.15, -0.1) is 10.2 Å². The lowest BCUT2D eigenvalue weighted by Gasteiger charge is -2.00. The molecule has 0 radical (unpaired) electrons. The first-order chi connectivity index (χ1) is 11.1. The predicted octanol–water partition coefficient (Wildman–Crippen LogP) is 3.21. The number of hydrogen-bond acceptors (Lipinski definition) is 5. The molecule has 5 nitrogen and oxygen atoms in total. The highest BCUT2D eigenvalue weighted by molar-refractivity contribution is 7.90. The Bertz CT molecular complexity index is 901. The Morgan fingerprint density at radius 1 is 0.870 bits per heavy atom. The van der Waals surface area contributed by atoms with E-state index in [4.69, 9.17) is 4.42 Å². The maximum Gasteiger partial charge on any atom is 0.240 e. The van der Waals surface area contributed by atoms with Crippen LogP contribution in [0.25, 0.3) is 12.2 Å². The summed E-state index contributed by atoms with van der Waals surface area (Å²) in [5, 5.41) is 7.63. The fourth-order valence-electron chi connectivity index (χ4n) is 2.00. The standard InChI is InChI=1S/C17H14N2O3S/c20-23(21,15-9-5-2-6-10-15)13-17-19-18-16(22-17)12-11-14-7-3-1-4-8-14/h1-12H,13H2/b12-11+. The third-order valence-electron chi connectivity index (χ3n) is 3.12. The first-order valence-electron chi connectivity index (χ1n) is 6.97. The van der Waals surface area contributed by atoms with Crippen LogP contribution in [-0.4, -0.2) is 18.6 Å². The molecule has 1 aromatic heterocycles. The second-order valence-corrected chi connectivity index (χ2v) is 6.84. The Hall–Kier alpha value is -2.73. The maximum absolute atomic E-state index is 12.2. The number of rotatable bonds is 5. The molecule has 23 heavy (non-hydrogen) atoms. The van der Waals surface area contributed by atoms with Gasteiger partial charge in [-0.05, 0) is 23.8 Å². The number of sulfone groups is 1. The van der Waals surface area contributed by atoms with Crippen LogP contribution >= 0.6 is 0 Å². The molecule has 0 atom stereocenters. The molecule has 0 bridgehead atoms. The SMILES string of the molecule is O=S(=O)(Cc1nnc(/C=C/c2ccccc2)o1)c1ccccc1. The Morgan fingerprint density at radius 2 is 1.52 bits per heavy atom. The van der Waals surface area contributed by atoms with Crippen molar-refractivity contribution in [1.82, 2.24) is 10.2 Å². The van der Waals surface area contributed by atoms with Crippen LogP contribution in [-0.2, 0) is 15.6 Å². The van der Waals surface area contributed by atoms with Gasteiger partial charge in [-0.1, -0.05) is 48.5 Å². The molecule has 6 heteroatoms. The molecule has 1 heterocycles. The Kier molecular flexibility index (Phi) is 4.34. The van der Waals surface area contributed by atoms with E-state index in [-0.39, 0.29) is 22.4 Å². The van der Waals surface area contributed by atoms with Crippen LogP contribution in [0.3, 0.4) is 0 Å². The lowest BCUT2D eigenvalue weighted by atomic mass is 10.2. The van der Waals surface area contributed by atoms with Crippen LogP contribution in [0.4, 0.5) is 0 Å². The molecule has 0 amide bonds. The summed E-state index contributed by atoms with van der Waals surface area (Å²) in [6.07, 6.45) is 3.48. The summed E-state index contributed by atoms with van der Waals surface area (Å²) in [5.74, 6) is 0.0251. The van der Waals surface area contributed by atoms with Crippen molar-refractivity contribution in [3.8, 4) is 0 Å². The monoisotopic (exact) mass is 326 g/mol. The van der Waals surface area contributed by atoms with Gasteiger partial charge in [0.05, 0.1) is 4.90 Å². The van der Waals surface area contributed by atoms with E-state index in [1.54, 1.807) is 36.4 Å². The highest BCUT2D eigenvalue weighted by atomic mass is 32.2. The minimum Gasteiger partial charge on any atom is -0.420 e. The summed E-state index contributed by atoms with van der Waals surface area (Å²) in [6, 6.07) is 17.8. The third kappa shape index (κ3) is 3.92. The summed E-state index contributed by atoms with van der Waals surface area (Å²) < 4.78 is 29.9. The van der Waals surface area contributed by atoms with Crippen LogP contribution in [0.5, 0.6) is 0 Å². The minimum absolute atomic E-state index is 0.0709. The molecule has 116 valence electrons. The molecule has 0 aliphatic carbocycles. The lowest BCUT2D eigenvalue weighted by Crippen LogP contribution is -2.04. The first kappa shape index (κ1) is 15.2. The van der Waals surface area contributed by atoms with E-state index >= 15 is 0 Å². The normalized spacial score (nSPS) is 11.8. The van der Waals surface area contributed by atoms with Gasteiger partial charge >= 0.3 is 0 Å². The highest BCUT2D eigenvalue weighted by Gasteiger charge is 2.18. The topological polar surface area (TPSA) is 73.1 Å². The zero-order valence-electron chi connectivity index (χ0n) is 12.2. The van der Waals surface area contributed by atoms with Crippen molar-refractivity contribution in [2.24, 2.45) is 0 Å². The molecule has 0 unspecified atom stereocenters. The van der Waals surface area contributed by atoms with Crippen LogP contribution in [0.1, 0.15) is 17.3 Å². The maximum atomic E-state index is 12.2. The molecule has 2 aromatic carbocycles. The van der Waals surface area contributed by atoms with Crippen molar-refractivity contribution < 1.29 is 12.8 Å². The molecular weight excluding hydrogens is 312 g/mol. The molecule has 0 fully saturated rings. The van der Waals surface area contributed by atoms with Gasteiger partial charge in [-0.2, -0.15) is 0 Å². The van der Waals surface area contributed by atoms with Crippen molar-refractivity contribution in [2.75, 3.05) is 0 Å². The molecule has 3 aromatic rings. The van der Waals surface area contributed by atoms with Crippen LogP contribution in [0, 0.1) is 0 Å². The number of benzene rings is 2. The largest absolute Gasteiger partial charge is 0.420 e. The zero-order chi connectivity index (χ0) is 16.1. The van der Waals surface area contributed by atoms with E-state index in [1.807, 2.05) is 36.4 Å². The van der Waals surface area contributed by atoms with Gasteiger partial charge in [0.1, 0.15) is 5.75 Å². The zero-order valence-corrected chi connectivity index (χ0v) is 13.0. The number of hydrogen-bond donors (Lipinski definition) is 0. The number of aromatic nitrogens is 2. The molecule has 0 aliphatic rings. The second kappa shape index (κ2) is 6.58. The van der Waals surface area contributed by atoms with E-state index in [0.29, 0.717) is 0 Å². The van der Waals surface area contributed by atoms with E-state index in [9.17, 15) is 8.42 Å².